The van der Waals surface area contributed by atoms with Gasteiger partial charge in [-0.25, -0.2) is 4.99 Å². The summed E-state index contributed by atoms with van der Waals surface area (Å²) in [5.74, 6) is 3.11. The van der Waals surface area contributed by atoms with Gasteiger partial charge in [-0.15, -0.1) is 0 Å². The minimum Gasteiger partial charge on any atom is -0.352 e. The van der Waals surface area contributed by atoms with Crippen LogP contribution in [0, 0.1) is 17.8 Å². The quantitative estimate of drug-likeness (QED) is 0.673. The van der Waals surface area contributed by atoms with Crippen LogP contribution in [0.3, 0.4) is 0 Å². The van der Waals surface area contributed by atoms with Crippen LogP contribution in [0.25, 0.3) is 0 Å². The Balaban J connectivity index is 1.59. The Morgan fingerprint density at radius 3 is 2.43 bits per heavy atom. The second-order valence-corrected chi connectivity index (χ2v) is 7.70. The maximum atomic E-state index is 13.0. The van der Waals surface area contributed by atoms with Crippen molar-refractivity contribution in [1.82, 2.24) is 4.90 Å². The van der Waals surface area contributed by atoms with Crippen molar-refractivity contribution >= 4 is 11.5 Å². The second kappa shape index (κ2) is 4.52. The first kappa shape index (κ1) is 13.9. The van der Waals surface area contributed by atoms with Crippen molar-refractivity contribution in [1.29, 1.82) is 0 Å². The molecule has 0 N–H and O–H groups in total. The van der Waals surface area contributed by atoms with Crippen molar-refractivity contribution in [3.63, 3.8) is 0 Å². The van der Waals surface area contributed by atoms with Crippen molar-refractivity contribution in [3.8, 4) is 0 Å². The molecule has 2 saturated carbocycles. The van der Waals surface area contributed by atoms with Crippen LogP contribution >= 0.6 is 0 Å². The number of nitrogens with zero attached hydrogens (tertiary/aromatic N) is 2. The monoisotopic (exact) mass is 320 g/mol. The molecule has 0 spiro atoms. The van der Waals surface area contributed by atoms with Crippen molar-refractivity contribution in [2.45, 2.75) is 50.9 Å². The smallest absolute Gasteiger partial charge is 0.352 e. The topological polar surface area (TPSA) is 15.6 Å². The minimum absolute atomic E-state index is 0.453. The fraction of sp³-hybridized carbons (Fsp3) is 0.611. The summed E-state index contributed by atoms with van der Waals surface area (Å²) in [6, 6.07) is 4.59. The van der Waals surface area contributed by atoms with E-state index in [-0.39, 0.29) is 0 Å². The Kier molecular flexibility index (Phi) is 2.73. The molecule has 23 heavy (non-hydrogen) atoms. The van der Waals surface area contributed by atoms with Gasteiger partial charge in [0.1, 0.15) is 5.84 Å². The van der Waals surface area contributed by atoms with Crippen LogP contribution in [0.1, 0.15) is 43.2 Å². The molecule has 0 unspecified atom stereocenters. The highest BCUT2D eigenvalue weighted by Gasteiger charge is 2.46. The van der Waals surface area contributed by atoms with Gasteiger partial charge in [0.25, 0.3) is 0 Å². The SMILES string of the molecule is FC(F)(F)c1ccc2c(c1)N=C1C3C[C@H]4CC(C[C@H](C3)C4)N1C2. The lowest BCUT2D eigenvalue weighted by Gasteiger charge is -2.39. The zero-order valence-electron chi connectivity index (χ0n) is 12.8. The van der Waals surface area contributed by atoms with E-state index in [9.17, 15) is 13.2 Å². The van der Waals surface area contributed by atoms with Gasteiger partial charge in [0.05, 0.1) is 11.3 Å². The Bertz CT molecular complexity index is 680. The van der Waals surface area contributed by atoms with Crippen LogP contribution < -0.4 is 0 Å². The zero-order chi connectivity index (χ0) is 15.8. The summed E-state index contributed by atoms with van der Waals surface area (Å²) in [6.07, 6.45) is 1.88. The number of halogens is 3. The average Bonchev–Trinajstić information content (AvgIpc) is 2.66. The number of benzene rings is 1. The van der Waals surface area contributed by atoms with Gasteiger partial charge in [0, 0.05) is 18.5 Å². The zero-order valence-corrected chi connectivity index (χ0v) is 12.8. The maximum Gasteiger partial charge on any atom is 0.416 e. The normalized spacial score (nSPS) is 34.7. The Hall–Kier alpha value is -1.52. The second-order valence-electron chi connectivity index (χ2n) is 7.70. The van der Waals surface area contributed by atoms with Crippen LogP contribution in [0.15, 0.2) is 23.2 Å². The highest BCUT2D eigenvalue weighted by Crippen LogP contribution is 2.50. The van der Waals surface area contributed by atoms with E-state index in [0.29, 0.717) is 17.6 Å². The van der Waals surface area contributed by atoms with Crippen molar-refractivity contribution in [2.24, 2.45) is 22.7 Å². The average molecular weight is 320 g/mol. The molecule has 6 rings (SSSR count). The summed E-state index contributed by atoms with van der Waals surface area (Å²) in [5.41, 5.74) is 0.878. The molecule has 5 aliphatic rings. The summed E-state index contributed by atoms with van der Waals surface area (Å²) >= 11 is 0. The molecule has 4 fully saturated rings. The Labute approximate surface area is 133 Å². The van der Waals surface area contributed by atoms with Crippen LogP contribution in [0.2, 0.25) is 0 Å². The third-order valence-corrected chi connectivity index (χ3v) is 6.20. The van der Waals surface area contributed by atoms with Crippen LogP contribution in [0.4, 0.5) is 18.9 Å². The van der Waals surface area contributed by atoms with E-state index in [1.807, 2.05) is 0 Å². The van der Waals surface area contributed by atoms with Gasteiger partial charge in [-0.3, -0.25) is 0 Å². The number of hydrogen-bond donors (Lipinski definition) is 0. The molecule has 122 valence electrons. The standard InChI is InChI=1S/C18H19F3N2/c19-18(20,21)14-2-1-12-9-23-15-6-10-3-11(7-15)5-13(4-10)17(23)22-16(12)8-14/h1-2,8,10-11,13,15H,3-7,9H2/t10-,11-,13?,15?/m0/s1. The van der Waals surface area contributed by atoms with Crippen LogP contribution in [-0.2, 0) is 12.7 Å². The molecule has 1 aromatic rings. The van der Waals surface area contributed by atoms with Crippen molar-refractivity contribution in [3.05, 3.63) is 29.3 Å². The van der Waals surface area contributed by atoms with E-state index >= 15 is 0 Å². The number of hydrogen-bond acceptors (Lipinski definition) is 2. The molecule has 0 aromatic heterocycles. The third-order valence-electron chi connectivity index (χ3n) is 6.20. The lowest BCUT2D eigenvalue weighted by molar-refractivity contribution is -0.137. The highest BCUT2D eigenvalue weighted by atomic mass is 19.4. The van der Waals surface area contributed by atoms with Gasteiger partial charge in [-0.1, -0.05) is 6.07 Å². The number of fused-ring (bicyclic) bond motifs is 1. The molecule has 0 radical (unpaired) electrons. The summed E-state index contributed by atoms with van der Waals surface area (Å²) in [5, 5.41) is 0. The maximum absolute atomic E-state index is 13.0. The van der Waals surface area contributed by atoms with Gasteiger partial charge in [-0.2, -0.15) is 13.2 Å². The molecule has 5 heteroatoms. The molecule has 1 aromatic carbocycles. The molecular formula is C18H19F3N2. The van der Waals surface area contributed by atoms with Crippen molar-refractivity contribution in [2.75, 3.05) is 0 Å². The fourth-order valence-corrected chi connectivity index (χ4v) is 5.35. The predicted octanol–water partition coefficient (Wildman–Crippen LogP) is 4.76. The fourth-order valence-electron chi connectivity index (χ4n) is 5.35. The largest absolute Gasteiger partial charge is 0.416 e. The Morgan fingerprint density at radius 2 is 1.74 bits per heavy atom. The van der Waals surface area contributed by atoms with E-state index in [1.165, 1.54) is 44.2 Å². The number of aliphatic imine (C=N–C) groups is 1. The van der Waals surface area contributed by atoms with E-state index in [1.54, 1.807) is 6.07 Å². The summed E-state index contributed by atoms with van der Waals surface area (Å²) < 4.78 is 38.9. The van der Waals surface area contributed by atoms with E-state index in [4.69, 9.17) is 4.99 Å². The molecular weight excluding hydrogens is 301 g/mol. The first-order valence-electron chi connectivity index (χ1n) is 8.52. The van der Waals surface area contributed by atoms with E-state index < -0.39 is 11.7 Å². The molecule has 3 aliphatic heterocycles. The van der Waals surface area contributed by atoms with Crippen molar-refractivity contribution < 1.29 is 13.2 Å². The highest BCUT2D eigenvalue weighted by molar-refractivity contribution is 5.90. The summed E-state index contributed by atoms with van der Waals surface area (Å²) in [4.78, 5) is 7.16. The third kappa shape index (κ3) is 2.12. The van der Waals surface area contributed by atoms with Gasteiger partial charge >= 0.3 is 6.18 Å². The Morgan fingerprint density at radius 1 is 1.00 bits per heavy atom. The molecule has 2 saturated heterocycles. The molecule has 2 nitrogen and oxygen atoms in total. The first-order valence-corrected chi connectivity index (χ1v) is 8.52. The van der Waals surface area contributed by atoms with Crippen LogP contribution in [-0.4, -0.2) is 16.8 Å². The van der Waals surface area contributed by atoms with Gasteiger partial charge in [0.2, 0.25) is 0 Å². The van der Waals surface area contributed by atoms with Gasteiger partial charge < -0.3 is 4.90 Å². The van der Waals surface area contributed by atoms with Gasteiger partial charge in [0.15, 0.2) is 0 Å². The lowest BCUT2D eigenvalue weighted by Crippen LogP contribution is -2.41. The minimum atomic E-state index is -4.30. The molecule has 0 amide bonds. The lowest BCUT2D eigenvalue weighted by atomic mass is 9.68. The molecule has 2 atom stereocenters. The van der Waals surface area contributed by atoms with E-state index in [2.05, 4.69) is 4.90 Å². The number of alkyl halides is 3. The number of rotatable bonds is 0. The number of amidine groups is 1. The van der Waals surface area contributed by atoms with Crippen LogP contribution in [0.5, 0.6) is 0 Å². The van der Waals surface area contributed by atoms with E-state index in [0.717, 1.165) is 29.8 Å². The van der Waals surface area contributed by atoms with Gasteiger partial charge in [-0.05, 0) is 61.6 Å². The summed E-state index contributed by atoms with van der Waals surface area (Å²) in [7, 11) is 0. The molecule has 2 aliphatic carbocycles. The predicted molar refractivity (Wildman–Crippen MR) is 81.4 cm³/mol. The molecule has 3 heterocycles. The first-order chi connectivity index (χ1) is 11.0. The molecule has 4 bridgehead atoms. The summed E-state index contributed by atoms with van der Waals surface area (Å²) in [6.45, 7) is 0.729.